The Balaban J connectivity index is 1.21. The zero-order valence-electron chi connectivity index (χ0n) is 18.8. The summed E-state index contributed by atoms with van der Waals surface area (Å²) in [5, 5.41) is 9.08. The smallest absolute Gasteiger partial charge is 0.151 e. The molecule has 166 valence electrons. The summed E-state index contributed by atoms with van der Waals surface area (Å²) >= 11 is 0. The van der Waals surface area contributed by atoms with Crippen LogP contribution in [0.3, 0.4) is 0 Å². The van der Waals surface area contributed by atoms with Crippen molar-refractivity contribution in [2.75, 3.05) is 45.3 Å². The molecular weight excluding hydrogens is 388 g/mol. The molecule has 5 rings (SSSR count). The fraction of sp³-hybridized carbons (Fsp3) is 0.600. The van der Waals surface area contributed by atoms with Crippen molar-refractivity contribution in [3.05, 3.63) is 30.3 Å². The molecule has 1 spiro atoms. The standard InChI is InChI=1S/C25H34N4O2/c1-30-20-6-7-21(23(18-20)31-2)22-8-9-24(27-26-22)29-16-12-25(13-17-29)10-14-28(15-11-25)19-4-3-5-19/h6-9,18-19H,3-5,10-17H2,1-2H3. The van der Waals surface area contributed by atoms with Gasteiger partial charge in [-0.1, -0.05) is 6.42 Å². The monoisotopic (exact) mass is 422 g/mol. The molecule has 0 N–H and O–H groups in total. The molecule has 6 nitrogen and oxygen atoms in total. The van der Waals surface area contributed by atoms with Crippen molar-refractivity contribution in [1.82, 2.24) is 15.1 Å². The molecule has 3 fully saturated rings. The molecule has 2 aliphatic heterocycles. The third-order valence-electron chi connectivity index (χ3n) is 7.93. The first-order valence-corrected chi connectivity index (χ1v) is 11.7. The maximum absolute atomic E-state index is 5.52. The Labute approximate surface area is 185 Å². The molecule has 0 bridgehead atoms. The number of ether oxygens (including phenoxy) is 2. The predicted molar refractivity (Wildman–Crippen MR) is 123 cm³/mol. The second kappa shape index (κ2) is 8.65. The van der Waals surface area contributed by atoms with Crippen LogP contribution < -0.4 is 14.4 Å². The van der Waals surface area contributed by atoms with Gasteiger partial charge in [0.25, 0.3) is 0 Å². The Hall–Kier alpha value is -2.34. The van der Waals surface area contributed by atoms with E-state index >= 15 is 0 Å². The van der Waals surface area contributed by atoms with E-state index in [-0.39, 0.29) is 0 Å². The Bertz CT molecular complexity index is 879. The number of rotatable bonds is 5. The summed E-state index contributed by atoms with van der Waals surface area (Å²) in [6.45, 7) is 4.79. The van der Waals surface area contributed by atoms with Gasteiger partial charge in [0.2, 0.25) is 0 Å². The zero-order chi connectivity index (χ0) is 21.3. The lowest BCUT2D eigenvalue weighted by molar-refractivity contribution is 0.0305. The van der Waals surface area contributed by atoms with E-state index in [0.717, 1.165) is 47.7 Å². The van der Waals surface area contributed by atoms with Gasteiger partial charge in [-0.15, -0.1) is 10.2 Å². The second-order valence-electron chi connectivity index (χ2n) is 9.45. The van der Waals surface area contributed by atoms with Crippen LogP contribution in [-0.2, 0) is 0 Å². The van der Waals surface area contributed by atoms with E-state index in [1.807, 2.05) is 24.3 Å². The molecule has 31 heavy (non-hydrogen) atoms. The Morgan fingerprint density at radius 3 is 2.19 bits per heavy atom. The maximum atomic E-state index is 5.52. The van der Waals surface area contributed by atoms with Crippen LogP contribution in [0.2, 0.25) is 0 Å². The minimum atomic E-state index is 0.556. The van der Waals surface area contributed by atoms with Gasteiger partial charge in [-0.2, -0.15) is 0 Å². The molecule has 0 amide bonds. The highest BCUT2D eigenvalue weighted by Crippen LogP contribution is 2.43. The normalized spacial score (nSPS) is 21.7. The van der Waals surface area contributed by atoms with Gasteiger partial charge in [0.15, 0.2) is 5.82 Å². The molecule has 0 radical (unpaired) electrons. The molecule has 2 saturated heterocycles. The van der Waals surface area contributed by atoms with Gasteiger partial charge in [-0.25, -0.2) is 0 Å². The summed E-state index contributed by atoms with van der Waals surface area (Å²) in [4.78, 5) is 5.17. The van der Waals surface area contributed by atoms with Crippen LogP contribution >= 0.6 is 0 Å². The number of nitrogens with zero attached hydrogens (tertiary/aromatic N) is 4. The summed E-state index contributed by atoms with van der Waals surface area (Å²) in [5.41, 5.74) is 2.30. The van der Waals surface area contributed by atoms with Crippen molar-refractivity contribution < 1.29 is 9.47 Å². The summed E-state index contributed by atoms with van der Waals surface area (Å²) < 4.78 is 10.8. The summed E-state index contributed by atoms with van der Waals surface area (Å²) in [5.74, 6) is 2.50. The lowest BCUT2D eigenvalue weighted by Crippen LogP contribution is -2.51. The zero-order valence-corrected chi connectivity index (χ0v) is 18.8. The first kappa shape index (κ1) is 20.6. The number of benzene rings is 1. The van der Waals surface area contributed by atoms with Crippen LogP contribution in [0.5, 0.6) is 11.5 Å². The summed E-state index contributed by atoms with van der Waals surface area (Å²) in [6.07, 6.45) is 9.60. The highest BCUT2D eigenvalue weighted by atomic mass is 16.5. The van der Waals surface area contributed by atoms with Crippen LogP contribution in [-0.4, -0.2) is 61.5 Å². The average Bonchev–Trinajstić information content (AvgIpc) is 2.80. The molecule has 3 aliphatic rings. The summed E-state index contributed by atoms with van der Waals surface area (Å²) in [6, 6.07) is 10.8. The quantitative estimate of drug-likeness (QED) is 0.712. The molecule has 0 unspecified atom stereocenters. The SMILES string of the molecule is COc1ccc(-c2ccc(N3CCC4(CC3)CCN(C3CCC3)CC4)nn2)c(OC)c1. The van der Waals surface area contributed by atoms with Gasteiger partial charge >= 0.3 is 0 Å². The Kier molecular flexibility index (Phi) is 5.74. The molecule has 1 aliphatic carbocycles. The molecule has 0 atom stereocenters. The van der Waals surface area contributed by atoms with Crippen LogP contribution in [0.4, 0.5) is 5.82 Å². The van der Waals surface area contributed by atoms with Gasteiger partial charge in [0.05, 0.1) is 19.9 Å². The van der Waals surface area contributed by atoms with E-state index in [0.29, 0.717) is 5.41 Å². The average molecular weight is 423 g/mol. The highest BCUT2D eigenvalue weighted by molar-refractivity contribution is 5.68. The van der Waals surface area contributed by atoms with Crippen molar-refractivity contribution in [3.63, 3.8) is 0 Å². The molecule has 3 heterocycles. The number of piperidine rings is 2. The molecule has 6 heteroatoms. The van der Waals surface area contributed by atoms with Gasteiger partial charge in [0, 0.05) is 30.8 Å². The topological polar surface area (TPSA) is 50.7 Å². The molecule has 1 saturated carbocycles. The lowest BCUT2D eigenvalue weighted by Gasteiger charge is -2.50. The first-order valence-electron chi connectivity index (χ1n) is 11.7. The number of likely N-dealkylation sites (tertiary alicyclic amines) is 1. The highest BCUT2D eigenvalue weighted by Gasteiger charge is 2.39. The van der Waals surface area contributed by atoms with E-state index in [1.54, 1.807) is 14.2 Å². The van der Waals surface area contributed by atoms with Crippen LogP contribution in [0.1, 0.15) is 44.9 Å². The van der Waals surface area contributed by atoms with Crippen LogP contribution in [0.15, 0.2) is 30.3 Å². The number of methoxy groups -OCH3 is 2. The van der Waals surface area contributed by atoms with E-state index in [2.05, 4.69) is 26.1 Å². The second-order valence-corrected chi connectivity index (χ2v) is 9.45. The van der Waals surface area contributed by atoms with E-state index in [9.17, 15) is 0 Å². The van der Waals surface area contributed by atoms with Crippen molar-refractivity contribution in [1.29, 1.82) is 0 Å². The van der Waals surface area contributed by atoms with Crippen molar-refractivity contribution in [3.8, 4) is 22.8 Å². The van der Waals surface area contributed by atoms with Crippen molar-refractivity contribution in [2.45, 2.75) is 51.0 Å². The van der Waals surface area contributed by atoms with Crippen LogP contribution in [0.25, 0.3) is 11.3 Å². The Morgan fingerprint density at radius 2 is 1.61 bits per heavy atom. The van der Waals surface area contributed by atoms with E-state index in [4.69, 9.17) is 9.47 Å². The fourth-order valence-corrected chi connectivity index (χ4v) is 5.47. The van der Waals surface area contributed by atoms with Crippen LogP contribution in [0, 0.1) is 5.41 Å². The Morgan fingerprint density at radius 1 is 0.871 bits per heavy atom. The largest absolute Gasteiger partial charge is 0.497 e. The maximum Gasteiger partial charge on any atom is 0.151 e. The molecule has 1 aromatic heterocycles. The first-order chi connectivity index (χ1) is 15.2. The van der Waals surface area contributed by atoms with Gasteiger partial charge < -0.3 is 19.3 Å². The van der Waals surface area contributed by atoms with Crippen molar-refractivity contribution >= 4 is 5.82 Å². The minimum absolute atomic E-state index is 0.556. The molecular formula is C25H34N4O2. The lowest BCUT2D eigenvalue weighted by atomic mass is 9.70. The predicted octanol–water partition coefficient (Wildman–Crippen LogP) is 4.40. The molecule has 1 aromatic carbocycles. The minimum Gasteiger partial charge on any atom is -0.497 e. The third-order valence-corrected chi connectivity index (χ3v) is 7.93. The van der Waals surface area contributed by atoms with E-state index in [1.165, 1.54) is 58.0 Å². The number of hydrogen-bond donors (Lipinski definition) is 0. The number of anilines is 1. The third kappa shape index (κ3) is 4.10. The number of hydrogen-bond acceptors (Lipinski definition) is 6. The number of aromatic nitrogens is 2. The van der Waals surface area contributed by atoms with Gasteiger partial charge in [0.1, 0.15) is 11.5 Å². The van der Waals surface area contributed by atoms with E-state index < -0.39 is 0 Å². The fourth-order valence-electron chi connectivity index (χ4n) is 5.47. The van der Waals surface area contributed by atoms with Crippen molar-refractivity contribution in [2.24, 2.45) is 5.41 Å². The van der Waals surface area contributed by atoms with Gasteiger partial charge in [-0.05, 0) is 81.3 Å². The molecule has 2 aromatic rings. The van der Waals surface area contributed by atoms with Gasteiger partial charge in [-0.3, -0.25) is 0 Å². The summed E-state index contributed by atoms with van der Waals surface area (Å²) in [7, 11) is 3.32.